The Bertz CT molecular complexity index is 1020. The number of hydrogen-bond acceptors (Lipinski definition) is 6. The summed E-state index contributed by atoms with van der Waals surface area (Å²) >= 11 is 1.20. The predicted octanol–water partition coefficient (Wildman–Crippen LogP) is 1.62. The molecular formula is C20H23F2N5O2S. The molecule has 2 heterocycles. The number of amides is 1. The van der Waals surface area contributed by atoms with Crippen molar-refractivity contribution < 1.29 is 13.6 Å². The van der Waals surface area contributed by atoms with Crippen molar-refractivity contribution in [3.63, 3.8) is 0 Å². The molecule has 7 nitrogen and oxygen atoms in total. The zero-order valence-electron chi connectivity index (χ0n) is 16.7. The van der Waals surface area contributed by atoms with E-state index in [0.29, 0.717) is 5.03 Å². The van der Waals surface area contributed by atoms with Crippen molar-refractivity contribution in [1.82, 2.24) is 14.6 Å². The molecule has 1 aliphatic carbocycles. The number of benzene rings is 1. The van der Waals surface area contributed by atoms with Gasteiger partial charge in [0.15, 0.2) is 11.6 Å². The molecule has 1 aromatic heterocycles. The molecule has 0 saturated carbocycles. The minimum Gasteiger partial charge on any atom is -0.325 e. The molecule has 2 aromatic rings. The van der Waals surface area contributed by atoms with Crippen LogP contribution in [0.5, 0.6) is 0 Å². The van der Waals surface area contributed by atoms with Gasteiger partial charge in [-0.1, -0.05) is 11.8 Å². The molecule has 0 atom stereocenters. The first-order chi connectivity index (χ1) is 14.4. The molecule has 1 aromatic carbocycles. The molecule has 30 heavy (non-hydrogen) atoms. The third-order valence-electron chi connectivity index (χ3n) is 5.39. The van der Waals surface area contributed by atoms with Crippen LogP contribution >= 0.6 is 11.8 Å². The largest absolute Gasteiger partial charge is 0.367 e. The Morgan fingerprint density at radius 1 is 1.17 bits per heavy atom. The Labute approximate surface area is 177 Å². The quantitative estimate of drug-likeness (QED) is 0.569. The fourth-order valence-corrected chi connectivity index (χ4v) is 4.70. The van der Waals surface area contributed by atoms with Crippen molar-refractivity contribution in [2.45, 2.75) is 24.3 Å². The number of piperazine rings is 1. The Morgan fingerprint density at radius 2 is 1.93 bits per heavy atom. The number of carbonyl (C=O) groups is 1. The van der Waals surface area contributed by atoms with Gasteiger partial charge in [-0.2, -0.15) is 4.98 Å². The first-order valence-corrected chi connectivity index (χ1v) is 10.9. The summed E-state index contributed by atoms with van der Waals surface area (Å²) in [6.45, 7) is 3.32. The van der Waals surface area contributed by atoms with Crippen LogP contribution in [0.1, 0.15) is 17.7 Å². The maximum Gasteiger partial charge on any atom is 0.367 e. The Kier molecular flexibility index (Phi) is 6.05. The molecule has 1 saturated heterocycles. The van der Waals surface area contributed by atoms with E-state index in [1.807, 2.05) is 0 Å². The number of hydrogen-bond donors (Lipinski definition) is 1. The number of thioether (sulfide) groups is 1. The molecule has 0 radical (unpaired) electrons. The van der Waals surface area contributed by atoms with E-state index in [1.54, 1.807) is 4.68 Å². The van der Waals surface area contributed by atoms with E-state index >= 15 is 0 Å². The maximum absolute atomic E-state index is 13.3. The predicted molar refractivity (Wildman–Crippen MR) is 112 cm³/mol. The van der Waals surface area contributed by atoms with Gasteiger partial charge >= 0.3 is 5.69 Å². The standard InChI is InChI=1S/C20H23F2N5O2S/c1-25-7-9-26(10-8-25)27-17-4-2-3-14(17)19(24-20(27)29)30-12-18(28)23-13-5-6-15(21)16(22)11-13/h5-6,11H,2-4,7-10,12H2,1H3,(H,23,28). The van der Waals surface area contributed by atoms with Gasteiger partial charge in [0, 0.05) is 43.5 Å². The van der Waals surface area contributed by atoms with Crippen molar-refractivity contribution in [2.75, 3.05) is 49.3 Å². The first kappa shape index (κ1) is 20.8. The van der Waals surface area contributed by atoms with E-state index in [4.69, 9.17) is 0 Å². The van der Waals surface area contributed by atoms with E-state index in [2.05, 4.69) is 27.3 Å². The van der Waals surface area contributed by atoms with Crippen molar-refractivity contribution in [1.29, 1.82) is 0 Å². The molecule has 0 bridgehead atoms. The van der Waals surface area contributed by atoms with Crippen molar-refractivity contribution in [3.05, 3.63) is 51.6 Å². The molecule has 1 N–H and O–H groups in total. The van der Waals surface area contributed by atoms with Crippen LogP contribution in [-0.2, 0) is 17.6 Å². The van der Waals surface area contributed by atoms with Crippen LogP contribution in [0.2, 0.25) is 0 Å². The van der Waals surface area contributed by atoms with Gasteiger partial charge in [-0.3, -0.25) is 4.79 Å². The van der Waals surface area contributed by atoms with Crippen molar-refractivity contribution in [3.8, 4) is 0 Å². The molecule has 160 valence electrons. The number of likely N-dealkylation sites (N-methyl/N-ethyl adjacent to an activating group) is 1. The van der Waals surface area contributed by atoms with Crippen LogP contribution in [0.15, 0.2) is 28.0 Å². The number of aromatic nitrogens is 2. The van der Waals surface area contributed by atoms with Crippen LogP contribution < -0.4 is 16.0 Å². The van der Waals surface area contributed by atoms with Gasteiger partial charge in [0.2, 0.25) is 5.91 Å². The number of rotatable bonds is 5. The zero-order valence-corrected chi connectivity index (χ0v) is 17.5. The number of halogens is 2. The third kappa shape index (κ3) is 4.34. The average Bonchev–Trinajstić information content (AvgIpc) is 3.20. The minimum absolute atomic E-state index is 0.0242. The number of carbonyl (C=O) groups excluding carboxylic acids is 1. The highest BCUT2D eigenvalue weighted by Crippen LogP contribution is 2.29. The first-order valence-electron chi connectivity index (χ1n) is 9.88. The smallest absolute Gasteiger partial charge is 0.325 e. The SMILES string of the molecule is CN1CCN(n2c3c(c(SCC(=O)Nc4ccc(F)c(F)c4)nc2=O)CCC3)CC1. The fourth-order valence-electron chi connectivity index (χ4n) is 3.82. The lowest BCUT2D eigenvalue weighted by atomic mass is 10.3. The van der Waals surface area contributed by atoms with Gasteiger partial charge in [-0.15, -0.1) is 0 Å². The molecule has 1 aliphatic heterocycles. The van der Waals surface area contributed by atoms with Gasteiger partial charge in [0.25, 0.3) is 0 Å². The Morgan fingerprint density at radius 3 is 2.67 bits per heavy atom. The van der Waals surface area contributed by atoms with Gasteiger partial charge in [0.05, 0.1) is 11.4 Å². The lowest BCUT2D eigenvalue weighted by Crippen LogP contribution is -2.54. The second kappa shape index (κ2) is 8.73. The highest BCUT2D eigenvalue weighted by atomic mass is 32.2. The summed E-state index contributed by atoms with van der Waals surface area (Å²) in [6, 6.07) is 3.20. The summed E-state index contributed by atoms with van der Waals surface area (Å²) in [5.41, 5.74) is 1.88. The van der Waals surface area contributed by atoms with Crippen LogP contribution in [0.4, 0.5) is 14.5 Å². The van der Waals surface area contributed by atoms with Gasteiger partial charge in [0.1, 0.15) is 5.03 Å². The number of nitrogens with one attached hydrogen (secondary N) is 1. The van der Waals surface area contributed by atoms with Crippen LogP contribution in [-0.4, -0.2) is 59.4 Å². The molecule has 4 rings (SSSR count). The van der Waals surface area contributed by atoms with E-state index in [-0.39, 0.29) is 23.0 Å². The van der Waals surface area contributed by atoms with E-state index in [0.717, 1.165) is 68.8 Å². The van der Waals surface area contributed by atoms with Crippen LogP contribution in [0.3, 0.4) is 0 Å². The second-order valence-electron chi connectivity index (χ2n) is 7.51. The van der Waals surface area contributed by atoms with Gasteiger partial charge in [-0.05, 0) is 38.4 Å². The van der Waals surface area contributed by atoms with Crippen LogP contribution in [0.25, 0.3) is 0 Å². The topological polar surface area (TPSA) is 70.5 Å². The van der Waals surface area contributed by atoms with E-state index in [9.17, 15) is 18.4 Å². The monoisotopic (exact) mass is 435 g/mol. The maximum atomic E-state index is 13.3. The van der Waals surface area contributed by atoms with Crippen LogP contribution in [0, 0.1) is 11.6 Å². The number of fused-ring (bicyclic) bond motifs is 1. The second-order valence-corrected chi connectivity index (χ2v) is 8.48. The lowest BCUT2D eigenvalue weighted by molar-refractivity contribution is -0.113. The summed E-state index contributed by atoms with van der Waals surface area (Å²) in [5, 5.41) is 5.18. The Balaban J connectivity index is 1.48. The fraction of sp³-hybridized carbons (Fsp3) is 0.450. The molecule has 2 aliphatic rings. The molecule has 1 fully saturated rings. The number of anilines is 1. The molecule has 1 amide bonds. The molecular weight excluding hydrogens is 412 g/mol. The van der Waals surface area contributed by atoms with Gasteiger partial charge < -0.3 is 15.2 Å². The summed E-state index contributed by atoms with van der Waals surface area (Å²) in [5.74, 6) is -2.34. The molecule has 0 spiro atoms. The lowest BCUT2D eigenvalue weighted by Gasteiger charge is -2.35. The normalized spacial score (nSPS) is 16.6. The van der Waals surface area contributed by atoms with Crippen molar-refractivity contribution >= 4 is 23.4 Å². The molecule has 0 unspecified atom stereocenters. The van der Waals surface area contributed by atoms with E-state index in [1.165, 1.54) is 17.8 Å². The highest BCUT2D eigenvalue weighted by molar-refractivity contribution is 8.00. The average molecular weight is 436 g/mol. The summed E-state index contributed by atoms with van der Waals surface area (Å²) in [7, 11) is 2.06. The zero-order chi connectivity index (χ0) is 21.3. The number of nitrogens with zero attached hydrogens (tertiary/aromatic N) is 4. The summed E-state index contributed by atoms with van der Waals surface area (Å²) < 4.78 is 28.0. The minimum atomic E-state index is -1.02. The third-order valence-corrected chi connectivity index (χ3v) is 6.40. The van der Waals surface area contributed by atoms with Gasteiger partial charge in [-0.25, -0.2) is 18.3 Å². The Hall–Kier alpha value is -2.46. The summed E-state index contributed by atoms with van der Waals surface area (Å²) in [4.78, 5) is 31.5. The van der Waals surface area contributed by atoms with E-state index < -0.39 is 11.6 Å². The molecule has 10 heteroatoms. The highest BCUT2D eigenvalue weighted by Gasteiger charge is 2.26. The summed E-state index contributed by atoms with van der Waals surface area (Å²) in [6.07, 6.45) is 2.58. The van der Waals surface area contributed by atoms with Crippen molar-refractivity contribution in [2.24, 2.45) is 0 Å².